The van der Waals surface area contributed by atoms with E-state index >= 15 is 0 Å². The topological polar surface area (TPSA) is 86.7 Å². The van der Waals surface area contributed by atoms with E-state index < -0.39 is 23.8 Å². The summed E-state index contributed by atoms with van der Waals surface area (Å²) in [6.45, 7) is 1.33. The molecule has 0 spiro atoms. The first-order valence-electron chi connectivity index (χ1n) is 6.64. The zero-order valence-electron chi connectivity index (χ0n) is 11.7. The third kappa shape index (κ3) is 3.58. The number of nitrogens with one attached hydrogen (secondary N) is 1. The number of carbonyl (C=O) groups excluding carboxylic acids is 2. The molecule has 6 nitrogen and oxygen atoms in total. The number of halogens is 2. The van der Waals surface area contributed by atoms with E-state index in [0.717, 1.165) is 0 Å². The highest BCUT2D eigenvalue weighted by molar-refractivity contribution is 6.40. The number of rotatable bonds is 5. The molecule has 2 rings (SSSR count). The van der Waals surface area contributed by atoms with Gasteiger partial charge < -0.3 is 5.11 Å². The maximum atomic E-state index is 12.6. The molecule has 0 radical (unpaired) electrons. The van der Waals surface area contributed by atoms with Gasteiger partial charge in [-0.25, -0.2) is 10.4 Å². The van der Waals surface area contributed by atoms with Crippen molar-refractivity contribution in [2.75, 3.05) is 0 Å². The lowest BCUT2D eigenvalue weighted by Gasteiger charge is -2.24. The second-order valence-corrected chi connectivity index (χ2v) is 5.85. The van der Waals surface area contributed by atoms with Crippen LogP contribution in [-0.2, 0) is 9.59 Å². The molecule has 1 aliphatic rings. The van der Waals surface area contributed by atoms with Gasteiger partial charge in [-0.15, -0.1) is 0 Å². The Labute approximate surface area is 137 Å². The predicted molar refractivity (Wildman–Crippen MR) is 80.6 cm³/mol. The first-order valence-corrected chi connectivity index (χ1v) is 7.39. The van der Waals surface area contributed by atoms with Crippen molar-refractivity contribution < 1.29 is 19.5 Å². The Hall–Kier alpha value is -1.63. The van der Waals surface area contributed by atoms with Crippen molar-refractivity contribution in [3.05, 3.63) is 33.8 Å². The van der Waals surface area contributed by atoms with E-state index in [4.69, 9.17) is 28.3 Å². The number of aliphatic carboxylic acids is 1. The fourth-order valence-electron chi connectivity index (χ4n) is 1.80. The van der Waals surface area contributed by atoms with Gasteiger partial charge in [0.05, 0.1) is 15.6 Å². The molecule has 0 aliphatic heterocycles. The van der Waals surface area contributed by atoms with Crippen LogP contribution in [0.4, 0.5) is 0 Å². The summed E-state index contributed by atoms with van der Waals surface area (Å²) >= 11 is 12.0. The van der Waals surface area contributed by atoms with Crippen molar-refractivity contribution in [3.8, 4) is 0 Å². The number of carboxylic acids is 1. The van der Waals surface area contributed by atoms with Crippen molar-refractivity contribution >= 4 is 41.0 Å². The van der Waals surface area contributed by atoms with Gasteiger partial charge in [0.2, 0.25) is 5.91 Å². The van der Waals surface area contributed by atoms with Gasteiger partial charge >= 0.3 is 5.97 Å². The second kappa shape index (κ2) is 6.64. The van der Waals surface area contributed by atoms with Gasteiger partial charge in [-0.2, -0.15) is 0 Å². The Kier molecular flexibility index (Phi) is 5.05. The number of carbonyl (C=O) groups is 3. The van der Waals surface area contributed by atoms with Crippen LogP contribution in [0, 0.1) is 5.92 Å². The maximum absolute atomic E-state index is 12.6. The summed E-state index contributed by atoms with van der Waals surface area (Å²) in [7, 11) is 0. The predicted octanol–water partition coefficient (Wildman–Crippen LogP) is 2.35. The molecule has 1 saturated carbocycles. The Balaban J connectivity index is 2.33. The minimum absolute atomic E-state index is 0.0371. The molecule has 1 aromatic rings. The highest BCUT2D eigenvalue weighted by Gasteiger charge is 2.38. The van der Waals surface area contributed by atoms with Crippen LogP contribution in [0.5, 0.6) is 0 Å². The number of imide groups is 1. The number of hydrogen-bond acceptors (Lipinski definition) is 4. The number of amides is 2. The zero-order valence-corrected chi connectivity index (χ0v) is 13.2. The molecule has 0 bridgehead atoms. The van der Waals surface area contributed by atoms with Crippen LogP contribution >= 0.6 is 23.2 Å². The molecule has 22 heavy (non-hydrogen) atoms. The number of hydrogen-bond donors (Lipinski definition) is 2. The Morgan fingerprint density at radius 3 is 2.27 bits per heavy atom. The first-order chi connectivity index (χ1) is 10.3. The summed E-state index contributed by atoms with van der Waals surface area (Å²) in [6.07, 6.45) is 1.34. The quantitative estimate of drug-likeness (QED) is 0.632. The van der Waals surface area contributed by atoms with E-state index in [0.29, 0.717) is 17.9 Å². The molecule has 8 heteroatoms. The average Bonchev–Trinajstić information content (AvgIpc) is 3.27. The average molecular weight is 345 g/mol. The van der Waals surface area contributed by atoms with Gasteiger partial charge in [0.25, 0.3) is 5.91 Å². The summed E-state index contributed by atoms with van der Waals surface area (Å²) in [4.78, 5) is 35.8. The van der Waals surface area contributed by atoms with E-state index in [1.165, 1.54) is 19.1 Å². The number of hydrazine groups is 1. The minimum Gasteiger partial charge on any atom is -0.480 e. The van der Waals surface area contributed by atoms with E-state index in [1.54, 1.807) is 6.07 Å². The van der Waals surface area contributed by atoms with Gasteiger partial charge in [-0.3, -0.25) is 14.4 Å². The Morgan fingerprint density at radius 1 is 1.27 bits per heavy atom. The van der Waals surface area contributed by atoms with E-state index in [-0.39, 0.29) is 21.5 Å². The molecule has 118 valence electrons. The molecule has 1 aliphatic carbocycles. The molecule has 0 unspecified atom stereocenters. The van der Waals surface area contributed by atoms with Crippen LogP contribution in [0.25, 0.3) is 0 Å². The molecule has 1 aromatic carbocycles. The number of nitrogens with zero attached hydrogens (tertiary/aromatic N) is 1. The molecular formula is C14H14Cl2N2O4. The highest BCUT2D eigenvalue weighted by Crippen LogP contribution is 2.32. The molecule has 2 amide bonds. The van der Waals surface area contributed by atoms with Crippen LogP contribution in [0.3, 0.4) is 0 Å². The number of benzene rings is 1. The lowest BCUT2D eigenvalue weighted by atomic mass is 10.2. The monoisotopic (exact) mass is 344 g/mol. The van der Waals surface area contributed by atoms with Crippen molar-refractivity contribution in [2.24, 2.45) is 5.92 Å². The molecule has 1 fully saturated rings. The maximum Gasteiger partial charge on any atom is 0.322 e. The first kappa shape index (κ1) is 16.7. The van der Waals surface area contributed by atoms with Crippen LogP contribution in [-0.4, -0.2) is 33.9 Å². The summed E-state index contributed by atoms with van der Waals surface area (Å²) < 4.78 is 0. The summed E-state index contributed by atoms with van der Waals surface area (Å²) in [5, 5.41) is 9.86. The van der Waals surface area contributed by atoms with Crippen LogP contribution < -0.4 is 5.43 Å². The lowest BCUT2D eigenvalue weighted by molar-refractivity contribution is -0.142. The molecule has 2 N–H and O–H groups in total. The highest BCUT2D eigenvalue weighted by atomic mass is 35.5. The normalized spacial score (nSPS) is 15.2. The fraction of sp³-hybridized carbons (Fsp3) is 0.357. The lowest BCUT2D eigenvalue weighted by Crippen LogP contribution is -2.53. The van der Waals surface area contributed by atoms with Crippen LogP contribution in [0.15, 0.2) is 18.2 Å². The van der Waals surface area contributed by atoms with Gasteiger partial charge in [-0.1, -0.05) is 29.3 Å². The third-order valence-corrected chi connectivity index (χ3v) is 3.85. The smallest absolute Gasteiger partial charge is 0.322 e. The third-order valence-electron chi connectivity index (χ3n) is 3.22. The Morgan fingerprint density at radius 2 is 1.82 bits per heavy atom. The zero-order chi connectivity index (χ0) is 16.4. The summed E-state index contributed by atoms with van der Waals surface area (Å²) in [5.74, 6) is -2.71. The van der Waals surface area contributed by atoms with Crippen molar-refractivity contribution in [1.29, 1.82) is 0 Å². The van der Waals surface area contributed by atoms with Crippen LogP contribution in [0.1, 0.15) is 30.1 Å². The van der Waals surface area contributed by atoms with E-state index in [9.17, 15) is 14.4 Å². The van der Waals surface area contributed by atoms with Crippen molar-refractivity contribution in [1.82, 2.24) is 10.4 Å². The second-order valence-electron chi connectivity index (χ2n) is 5.04. The van der Waals surface area contributed by atoms with Crippen LogP contribution in [0.2, 0.25) is 10.0 Å². The molecule has 0 saturated heterocycles. The SMILES string of the molecule is C[C@H](NN(C(=O)c1c(Cl)cccc1Cl)C(=O)C1CC1)C(=O)O. The molecular weight excluding hydrogens is 331 g/mol. The van der Waals surface area contributed by atoms with Gasteiger partial charge in [0.15, 0.2) is 0 Å². The summed E-state index contributed by atoms with van der Waals surface area (Å²) in [6, 6.07) is 3.40. The molecule has 0 heterocycles. The largest absolute Gasteiger partial charge is 0.480 e. The van der Waals surface area contributed by atoms with Crippen molar-refractivity contribution in [3.63, 3.8) is 0 Å². The number of carboxylic acid groups (broad SMARTS) is 1. The van der Waals surface area contributed by atoms with Gasteiger partial charge in [0.1, 0.15) is 6.04 Å². The standard InChI is InChI=1S/C14H14Cl2N2O4/c1-7(14(21)22)17-18(12(19)8-5-6-8)13(20)11-9(15)3-2-4-10(11)16/h2-4,7-8,17H,5-6H2,1H3,(H,21,22)/t7-/m0/s1. The van der Waals surface area contributed by atoms with Crippen molar-refractivity contribution in [2.45, 2.75) is 25.8 Å². The summed E-state index contributed by atoms with van der Waals surface area (Å²) in [5.41, 5.74) is 2.37. The minimum atomic E-state index is -1.19. The molecule has 0 aromatic heterocycles. The fourth-order valence-corrected chi connectivity index (χ4v) is 2.36. The van der Waals surface area contributed by atoms with E-state index in [1.807, 2.05) is 0 Å². The molecule has 1 atom stereocenters. The van der Waals surface area contributed by atoms with Gasteiger partial charge in [-0.05, 0) is 31.9 Å². The van der Waals surface area contributed by atoms with Gasteiger partial charge in [0, 0.05) is 5.92 Å². The Bertz CT molecular complexity index is 611. The van der Waals surface area contributed by atoms with E-state index in [2.05, 4.69) is 5.43 Å².